The Kier molecular flexibility index (Phi) is 6.62. The predicted octanol–water partition coefficient (Wildman–Crippen LogP) is 5.11. The normalized spacial score (nSPS) is 14.3. The quantitative estimate of drug-likeness (QED) is 0.321. The summed E-state index contributed by atoms with van der Waals surface area (Å²) >= 11 is 0. The second kappa shape index (κ2) is 10.2. The van der Waals surface area contributed by atoms with Crippen LogP contribution in [0.25, 0.3) is 0 Å². The van der Waals surface area contributed by atoms with E-state index < -0.39 is 5.60 Å². The highest BCUT2D eigenvalue weighted by atomic mass is 16.3. The van der Waals surface area contributed by atoms with E-state index in [4.69, 9.17) is 4.98 Å². The van der Waals surface area contributed by atoms with Crippen LogP contribution in [0.15, 0.2) is 85.2 Å². The molecule has 0 fully saturated rings. The van der Waals surface area contributed by atoms with Gasteiger partial charge in [0.1, 0.15) is 11.9 Å². The zero-order valence-electron chi connectivity index (χ0n) is 21.1. The van der Waals surface area contributed by atoms with E-state index >= 15 is 0 Å². The molecule has 0 saturated heterocycles. The fourth-order valence-electron chi connectivity index (χ4n) is 4.16. The van der Waals surface area contributed by atoms with Gasteiger partial charge >= 0.3 is 0 Å². The van der Waals surface area contributed by atoms with E-state index in [1.54, 1.807) is 13.8 Å². The average molecular weight is 492 g/mol. The first-order chi connectivity index (χ1) is 17.9. The van der Waals surface area contributed by atoms with Crippen molar-refractivity contribution in [3.05, 3.63) is 90.8 Å². The Morgan fingerprint density at radius 2 is 1.76 bits per heavy atom. The first-order valence-electron chi connectivity index (χ1n) is 12.2. The van der Waals surface area contributed by atoms with Gasteiger partial charge in [0.25, 0.3) is 0 Å². The topological polar surface area (TPSA) is 89.4 Å². The molecule has 0 amide bonds. The van der Waals surface area contributed by atoms with E-state index in [1.165, 1.54) is 6.33 Å². The summed E-state index contributed by atoms with van der Waals surface area (Å²) in [6, 6.07) is 26.0. The Hall–Kier alpha value is -4.61. The lowest BCUT2D eigenvalue weighted by Gasteiger charge is -2.35. The minimum atomic E-state index is -1.09. The molecule has 1 aliphatic heterocycles. The zero-order chi connectivity index (χ0) is 25.8. The Labute approximate surface area is 217 Å². The summed E-state index contributed by atoms with van der Waals surface area (Å²) in [5.74, 6) is 6.92. The van der Waals surface area contributed by atoms with E-state index in [-0.39, 0.29) is 6.29 Å². The van der Waals surface area contributed by atoms with E-state index in [0.29, 0.717) is 11.9 Å². The number of nitrogens with zero attached hydrogens (tertiary/aromatic N) is 5. The molecule has 3 aromatic carbocycles. The molecule has 0 aliphatic carbocycles. The van der Waals surface area contributed by atoms with Crippen LogP contribution in [0.1, 0.15) is 26.3 Å². The van der Waals surface area contributed by atoms with Gasteiger partial charge in [-0.3, -0.25) is 4.90 Å². The second-order valence-corrected chi connectivity index (χ2v) is 9.15. The Balaban J connectivity index is 1.58. The minimum Gasteiger partial charge on any atom is -0.378 e. The van der Waals surface area contributed by atoms with E-state index in [1.807, 2.05) is 66.7 Å². The molecule has 2 heterocycles. The summed E-state index contributed by atoms with van der Waals surface area (Å²) < 4.78 is 0. The van der Waals surface area contributed by atoms with Gasteiger partial charge in [0.05, 0.1) is 11.4 Å². The van der Waals surface area contributed by atoms with Crippen molar-refractivity contribution in [2.75, 3.05) is 27.0 Å². The third kappa shape index (κ3) is 5.47. The van der Waals surface area contributed by atoms with Crippen LogP contribution >= 0.6 is 0 Å². The Morgan fingerprint density at radius 1 is 1.03 bits per heavy atom. The molecule has 3 N–H and O–H groups in total. The zero-order valence-corrected chi connectivity index (χ0v) is 21.1. The molecule has 0 spiro atoms. The van der Waals surface area contributed by atoms with Crippen molar-refractivity contribution < 1.29 is 5.11 Å². The van der Waals surface area contributed by atoms with Crippen LogP contribution in [0.5, 0.6) is 0 Å². The highest BCUT2D eigenvalue weighted by Gasteiger charge is 2.36. The maximum absolute atomic E-state index is 10.1. The van der Waals surface area contributed by atoms with Crippen molar-refractivity contribution in [2.45, 2.75) is 32.7 Å². The molecule has 1 atom stereocenters. The number of fused-ring (bicyclic) bond motifs is 1. The van der Waals surface area contributed by atoms with Gasteiger partial charge in [-0.1, -0.05) is 48.2 Å². The third-order valence-corrected chi connectivity index (χ3v) is 5.83. The van der Waals surface area contributed by atoms with Gasteiger partial charge in [0, 0.05) is 23.5 Å². The maximum Gasteiger partial charge on any atom is 0.237 e. The summed E-state index contributed by atoms with van der Waals surface area (Å²) in [5.41, 5.74) is 3.48. The highest BCUT2D eigenvalue weighted by Crippen LogP contribution is 2.41. The van der Waals surface area contributed by atoms with Crippen molar-refractivity contribution in [1.82, 2.24) is 15.0 Å². The lowest BCUT2D eigenvalue weighted by molar-refractivity contribution is 0.143. The molecule has 0 radical (unpaired) electrons. The van der Waals surface area contributed by atoms with E-state index in [9.17, 15) is 5.11 Å². The molecular formula is C29H29N7O. The van der Waals surface area contributed by atoms with Crippen LogP contribution in [0, 0.1) is 11.8 Å². The number of hydrogen-bond donors (Lipinski definition) is 3. The number of anilines is 6. The van der Waals surface area contributed by atoms with E-state index in [2.05, 4.69) is 61.3 Å². The number of hydrogen-bond acceptors (Lipinski definition) is 8. The molecule has 1 aliphatic rings. The van der Waals surface area contributed by atoms with Crippen molar-refractivity contribution in [2.24, 2.45) is 0 Å². The van der Waals surface area contributed by atoms with Gasteiger partial charge in [-0.25, -0.2) is 9.97 Å². The number of rotatable bonds is 6. The van der Waals surface area contributed by atoms with Gasteiger partial charge in [-0.2, -0.15) is 4.98 Å². The molecule has 0 saturated carbocycles. The Morgan fingerprint density at radius 3 is 2.46 bits per heavy atom. The average Bonchev–Trinajstić information content (AvgIpc) is 3.27. The van der Waals surface area contributed by atoms with Crippen molar-refractivity contribution in [3.63, 3.8) is 0 Å². The summed E-state index contributed by atoms with van der Waals surface area (Å²) in [6.07, 6.45) is 1.23. The SMILES string of the molecule is CCN(c1ccccc1)C1Nc2ccc(C#CC(C)(C)O)cc2N1c1ncnc(Nc2ccccc2)n1. The number of benzene rings is 3. The summed E-state index contributed by atoms with van der Waals surface area (Å²) in [6.45, 7) is 6.20. The molecule has 0 bridgehead atoms. The lowest BCUT2D eigenvalue weighted by atomic mass is 10.1. The van der Waals surface area contributed by atoms with Crippen LogP contribution in [0.2, 0.25) is 0 Å². The fourth-order valence-corrected chi connectivity index (χ4v) is 4.16. The maximum atomic E-state index is 10.1. The molecule has 8 heteroatoms. The summed E-state index contributed by atoms with van der Waals surface area (Å²) in [4.78, 5) is 18.0. The smallest absolute Gasteiger partial charge is 0.237 e. The van der Waals surface area contributed by atoms with E-state index in [0.717, 1.165) is 34.9 Å². The molecule has 37 heavy (non-hydrogen) atoms. The van der Waals surface area contributed by atoms with Crippen molar-refractivity contribution >= 4 is 34.6 Å². The van der Waals surface area contributed by atoms with Gasteiger partial charge in [-0.05, 0) is 63.2 Å². The Bertz CT molecular complexity index is 1430. The van der Waals surface area contributed by atoms with Gasteiger partial charge in [-0.15, -0.1) is 0 Å². The number of aliphatic hydroxyl groups is 1. The van der Waals surface area contributed by atoms with Gasteiger partial charge in [0.15, 0.2) is 6.29 Å². The largest absolute Gasteiger partial charge is 0.378 e. The number of para-hydroxylation sites is 2. The highest BCUT2D eigenvalue weighted by molar-refractivity contribution is 5.83. The monoisotopic (exact) mass is 491 g/mol. The second-order valence-electron chi connectivity index (χ2n) is 9.15. The molecule has 186 valence electrons. The predicted molar refractivity (Wildman–Crippen MR) is 148 cm³/mol. The standard InChI is InChI=1S/C29H29N7O/c1-4-35(23-13-9-6-10-14-23)28-33-24-16-15-21(17-18-29(2,3)37)19-25(24)36(28)27-31-20-30-26(34-27)32-22-11-7-5-8-12-22/h5-16,19-20,28,33,37H,4H2,1-3H3,(H,30,31,32,34). The first kappa shape index (κ1) is 24.1. The van der Waals surface area contributed by atoms with Crippen LogP contribution < -0.4 is 20.4 Å². The summed E-state index contributed by atoms with van der Waals surface area (Å²) in [5, 5.41) is 17.0. The first-order valence-corrected chi connectivity index (χ1v) is 12.2. The molecule has 5 rings (SSSR count). The van der Waals surface area contributed by atoms with Crippen LogP contribution in [-0.2, 0) is 0 Å². The van der Waals surface area contributed by atoms with Crippen molar-refractivity contribution in [1.29, 1.82) is 0 Å². The lowest BCUT2D eigenvalue weighted by Crippen LogP contribution is -2.49. The minimum absolute atomic E-state index is 0.285. The van der Waals surface area contributed by atoms with Gasteiger partial charge < -0.3 is 20.6 Å². The molecule has 4 aromatic rings. The number of nitrogens with one attached hydrogen (secondary N) is 2. The molecule has 1 unspecified atom stereocenters. The molecule has 8 nitrogen and oxygen atoms in total. The number of aromatic nitrogens is 3. The van der Waals surface area contributed by atoms with Crippen LogP contribution in [0.3, 0.4) is 0 Å². The summed E-state index contributed by atoms with van der Waals surface area (Å²) in [7, 11) is 0. The van der Waals surface area contributed by atoms with Gasteiger partial charge in [0.2, 0.25) is 11.9 Å². The molecule has 1 aromatic heterocycles. The fraction of sp³-hybridized carbons (Fsp3) is 0.207. The third-order valence-electron chi connectivity index (χ3n) is 5.83. The van der Waals surface area contributed by atoms with Crippen LogP contribution in [-0.4, -0.2) is 38.5 Å². The molecular weight excluding hydrogens is 462 g/mol. The van der Waals surface area contributed by atoms with Crippen molar-refractivity contribution in [3.8, 4) is 11.8 Å². The van der Waals surface area contributed by atoms with Crippen LogP contribution in [0.4, 0.5) is 34.6 Å².